The van der Waals surface area contributed by atoms with E-state index >= 15 is 0 Å². The summed E-state index contributed by atoms with van der Waals surface area (Å²) in [6, 6.07) is 15.8. The van der Waals surface area contributed by atoms with Gasteiger partial charge in [-0.2, -0.15) is 0 Å². The first-order valence-corrected chi connectivity index (χ1v) is 9.95. The van der Waals surface area contributed by atoms with Gasteiger partial charge in [0.05, 0.1) is 6.61 Å². The third-order valence-electron chi connectivity index (χ3n) is 5.16. The Balaban J connectivity index is 1.50. The van der Waals surface area contributed by atoms with Gasteiger partial charge < -0.3 is 10.1 Å². The minimum atomic E-state index is -0.0461. The number of amides is 1. The second kappa shape index (κ2) is 9.56. The van der Waals surface area contributed by atoms with E-state index < -0.39 is 0 Å². The number of ether oxygens (including phenoxy) is 1. The summed E-state index contributed by atoms with van der Waals surface area (Å²) in [5.41, 5.74) is 3.00. The van der Waals surface area contributed by atoms with Gasteiger partial charge in [0.25, 0.3) is 5.91 Å². The fraction of sp³-hybridized carbons (Fsp3) is 0.435. The van der Waals surface area contributed by atoms with E-state index in [9.17, 15) is 4.79 Å². The van der Waals surface area contributed by atoms with Gasteiger partial charge in [-0.15, -0.1) is 0 Å². The molecule has 27 heavy (non-hydrogen) atoms. The lowest BCUT2D eigenvalue weighted by Crippen LogP contribution is -2.32. The van der Waals surface area contributed by atoms with E-state index in [-0.39, 0.29) is 5.91 Å². The number of nitrogens with one attached hydrogen (secondary N) is 1. The minimum absolute atomic E-state index is 0.0461. The number of piperidine rings is 1. The van der Waals surface area contributed by atoms with Crippen molar-refractivity contribution in [3.05, 3.63) is 65.2 Å². The Bertz CT molecular complexity index is 734. The van der Waals surface area contributed by atoms with Crippen LogP contribution in [0.3, 0.4) is 0 Å². The van der Waals surface area contributed by atoms with Gasteiger partial charge >= 0.3 is 0 Å². The zero-order chi connectivity index (χ0) is 19.1. The summed E-state index contributed by atoms with van der Waals surface area (Å²) in [6.07, 6.45) is 2.57. The first-order valence-electron chi connectivity index (χ1n) is 9.95. The SMILES string of the molecule is CCOc1cccc(CNC(=O)c2ccc(CN3CCC(C)CC3)cc2)c1. The van der Waals surface area contributed by atoms with E-state index in [4.69, 9.17) is 4.74 Å². The van der Waals surface area contributed by atoms with Crippen LogP contribution in [0.15, 0.2) is 48.5 Å². The molecule has 0 spiro atoms. The smallest absolute Gasteiger partial charge is 0.251 e. The molecule has 4 nitrogen and oxygen atoms in total. The molecule has 1 saturated heterocycles. The third kappa shape index (κ3) is 5.83. The maximum Gasteiger partial charge on any atom is 0.251 e. The van der Waals surface area contributed by atoms with Crippen LogP contribution in [0.2, 0.25) is 0 Å². The molecule has 0 saturated carbocycles. The number of rotatable bonds is 7. The van der Waals surface area contributed by atoms with Crippen molar-refractivity contribution < 1.29 is 9.53 Å². The molecule has 2 aromatic carbocycles. The second-order valence-electron chi connectivity index (χ2n) is 7.42. The van der Waals surface area contributed by atoms with Crippen molar-refractivity contribution in [2.45, 2.75) is 39.8 Å². The molecule has 0 aliphatic carbocycles. The van der Waals surface area contributed by atoms with Crippen molar-refractivity contribution in [2.24, 2.45) is 5.92 Å². The Morgan fingerprint density at radius 2 is 1.85 bits per heavy atom. The molecule has 144 valence electrons. The molecule has 1 aliphatic heterocycles. The normalized spacial score (nSPS) is 15.5. The minimum Gasteiger partial charge on any atom is -0.494 e. The van der Waals surface area contributed by atoms with Gasteiger partial charge in [0, 0.05) is 18.7 Å². The van der Waals surface area contributed by atoms with Gasteiger partial charge in [-0.25, -0.2) is 0 Å². The number of nitrogens with zero attached hydrogens (tertiary/aromatic N) is 1. The molecule has 2 aromatic rings. The number of carbonyl (C=O) groups is 1. The number of likely N-dealkylation sites (tertiary alicyclic amines) is 1. The van der Waals surface area contributed by atoms with Crippen molar-refractivity contribution in [1.29, 1.82) is 0 Å². The molecule has 1 fully saturated rings. The first kappa shape index (κ1) is 19.4. The van der Waals surface area contributed by atoms with E-state index in [1.165, 1.54) is 31.5 Å². The fourth-order valence-corrected chi connectivity index (χ4v) is 3.44. The molecule has 0 aromatic heterocycles. The number of carbonyl (C=O) groups excluding carboxylic acids is 1. The molecule has 0 bridgehead atoms. The van der Waals surface area contributed by atoms with Crippen molar-refractivity contribution in [1.82, 2.24) is 10.2 Å². The lowest BCUT2D eigenvalue weighted by atomic mass is 9.99. The molecule has 4 heteroatoms. The van der Waals surface area contributed by atoms with E-state index in [1.807, 2.05) is 43.3 Å². The zero-order valence-corrected chi connectivity index (χ0v) is 16.4. The van der Waals surface area contributed by atoms with Crippen LogP contribution in [0, 0.1) is 5.92 Å². The highest BCUT2D eigenvalue weighted by Crippen LogP contribution is 2.18. The van der Waals surface area contributed by atoms with E-state index in [0.717, 1.165) is 23.8 Å². The van der Waals surface area contributed by atoms with Crippen LogP contribution in [0.4, 0.5) is 0 Å². The van der Waals surface area contributed by atoms with Crippen LogP contribution in [0.1, 0.15) is 48.2 Å². The summed E-state index contributed by atoms with van der Waals surface area (Å²) in [7, 11) is 0. The highest BCUT2D eigenvalue weighted by molar-refractivity contribution is 5.94. The summed E-state index contributed by atoms with van der Waals surface area (Å²) in [5, 5.41) is 2.99. The van der Waals surface area contributed by atoms with Crippen molar-refractivity contribution >= 4 is 5.91 Å². The molecule has 0 radical (unpaired) electrons. The van der Waals surface area contributed by atoms with Crippen LogP contribution in [0.5, 0.6) is 5.75 Å². The fourth-order valence-electron chi connectivity index (χ4n) is 3.44. The van der Waals surface area contributed by atoms with E-state index in [1.54, 1.807) is 0 Å². The Labute approximate surface area is 162 Å². The molecule has 1 amide bonds. The predicted molar refractivity (Wildman–Crippen MR) is 109 cm³/mol. The summed E-state index contributed by atoms with van der Waals surface area (Å²) in [5.74, 6) is 1.64. The highest BCUT2D eigenvalue weighted by Gasteiger charge is 2.15. The van der Waals surface area contributed by atoms with E-state index in [2.05, 4.69) is 29.3 Å². The van der Waals surface area contributed by atoms with Gasteiger partial charge in [-0.1, -0.05) is 31.2 Å². The van der Waals surface area contributed by atoms with Crippen molar-refractivity contribution in [2.75, 3.05) is 19.7 Å². The molecule has 1 aliphatic rings. The van der Waals surface area contributed by atoms with Crippen LogP contribution < -0.4 is 10.1 Å². The standard InChI is InChI=1S/C23H30N2O2/c1-3-27-22-6-4-5-20(15-22)16-24-23(26)21-9-7-19(8-10-21)17-25-13-11-18(2)12-14-25/h4-10,15,18H,3,11-14,16-17H2,1-2H3,(H,24,26). The van der Waals surface area contributed by atoms with Gasteiger partial charge in [0.15, 0.2) is 0 Å². The molecule has 0 unspecified atom stereocenters. The van der Waals surface area contributed by atoms with Crippen LogP contribution in [-0.2, 0) is 13.1 Å². The average molecular weight is 367 g/mol. The summed E-state index contributed by atoms with van der Waals surface area (Å²) in [4.78, 5) is 14.9. The van der Waals surface area contributed by atoms with Crippen LogP contribution >= 0.6 is 0 Å². The molecular formula is C23H30N2O2. The van der Waals surface area contributed by atoms with Crippen LogP contribution in [0.25, 0.3) is 0 Å². The van der Waals surface area contributed by atoms with Crippen LogP contribution in [-0.4, -0.2) is 30.5 Å². The molecule has 3 rings (SSSR count). The lowest BCUT2D eigenvalue weighted by Gasteiger charge is -2.30. The topological polar surface area (TPSA) is 41.6 Å². The quantitative estimate of drug-likeness (QED) is 0.797. The van der Waals surface area contributed by atoms with Gasteiger partial charge in [0.1, 0.15) is 5.75 Å². The van der Waals surface area contributed by atoms with Crippen molar-refractivity contribution in [3.63, 3.8) is 0 Å². The monoisotopic (exact) mass is 366 g/mol. The predicted octanol–water partition coefficient (Wildman–Crippen LogP) is 4.25. The summed E-state index contributed by atoms with van der Waals surface area (Å²) in [6.45, 7) is 8.74. The lowest BCUT2D eigenvalue weighted by molar-refractivity contribution is 0.0951. The van der Waals surface area contributed by atoms with Crippen molar-refractivity contribution in [3.8, 4) is 5.75 Å². The maximum absolute atomic E-state index is 12.4. The average Bonchev–Trinajstić information content (AvgIpc) is 2.69. The Hall–Kier alpha value is -2.33. The van der Waals surface area contributed by atoms with Gasteiger partial charge in [-0.3, -0.25) is 9.69 Å². The molecule has 1 heterocycles. The Kier molecular flexibility index (Phi) is 6.88. The molecule has 0 atom stereocenters. The largest absolute Gasteiger partial charge is 0.494 e. The second-order valence-corrected chi connectivity index (χ2v) is 7.42. The van der Waals surface area contributed by atoms with Gasteiger partial charge in [-0.05, 0) is 74.2 Å². The zero-order valence-electron chi connectivity index (χ0n) is 16.4. The first-order chi connectivity index (χ1) is 13.1. The summed E-state index contributed by atoms with van der Waals surface area (Å²) < 4.78 is 5.50. The molecular weight excluding hydrogens is 336 g/mol. The van der Waals surface area contributed by atoms with Gasteiger partial charge in [0.2, 0.25) is 0 Å². The summed E-state index contributed by atoms with van der Waals surface area (Å²) >= 11 is 0. The third-order valence-corrected chi connectivity index (χ3v) is 5.16. The number of benzene rings is 2. The molecule has 1 N–H and O–H groups in total. The Morgan fingerprint density at radius 3 is 2.56 bits per heavy atom. The number of hydrogen-bond acceptors (Lipinski definition) is 3. The maximum atomic E-state index is 12.4. The van der Waals surface area contributed by atoms with E-state index in [0.29, 0.717) is 18.7 Å². The number of hydrogen-bond donors (Lipinski definition) is 1. The Morgan fingerprint density at radius 1 is 1.11 bits per heavy atom. The highest BCUT2D eigenvalue weighted by atomic mass is 16.5.